The van der Waals surface area contributed by atoms with Crippen molar-refractivity contribution in [3.05, 3.63) is 11.6 Å². The predicted molar refractivity (Wildman–Crippen MR) is 42.8 cm³/mol. The second-order valence-electron chi connectivity index (χ2n) is 3.43. The summed E-state index contributed by atoms with van der Waals surface area (Å²) in [6.45, 7) is 4.06. The van der Waals surface area contributed by atoms with E-state index in [0.29, 0.717) is 5.92 Å². The van der Waals surface area contributed by atoms with Crippen molar-refractivity contribution >= 4 is 0 Å². The molecule has 0 aromatic carbocycles. The van der Waals surface area contributed by atoms with Crippen molar-refractivity contribution in [2.45, 2.75) is 39.2 Å². The van der Waals surface area contributed by atoms with E-state index in [1.165, 1.54) is 24.8 Å². The van der Waals surface area contributed by atoms with Crippen LogP contribution in [0.1, 0.15) is 33.1 Å². The lowest BCUT2D eigenvalue weighted by Crippen LogP contribution is -2.24. The highest BCUT2D eigenvalue weighted by molar-refractivity contribution is 5.01. The van der Waals surface area contributed by atoms with Gasteiger partial charge in [-0.2, -0.15) is 0 Å². The molecular formula is C9H16O. The zero-order chi connectivity index (χ0) is 7.56. The molecule has 1 atom stereocenters. The van der Waals surface area contributed by atoms with E-state index in [2.05, 4.69) is 0 Å². The molecule has 0 aromatic rings. The molecule has 0 aromatic heterocycles. The fourth-order valence-corrected chi connectivity index (χ4v) is 1.26. The number of hydrogen-bond donors (Lipinski definition) is 1. The second kappa shape index (κ2) is 3.20. The van der Waals surface area contributed by atoms with Crippen molar-refractivity contribution in [2.75, 3.05) is 0 Å². The van der Waals surface area contributed by atoms with Crippen molar-refractivity contribution in [1.82, 2.24) is 0 Å². The molecular weight excluding hydrogens is 124 g/mol. The fraction of sp³-hybridized carbons (Fsp3) is 0.778. The highest BCUT2D eigenvalue weighted by Gasteiger charge is 2.23. The molecule has 58 valence electrons. The smallest absolute Gasteiger partial charge is 0.0751 e. The first-order valence-corrected chi connectivity index (χ1v) is 4.03. The van der Waals surface area contributed by atoms with Gasteiger partial charge in [0.2, 0.25) is 0 Å². The number of aliphatic hydroxyl groups is 1. The van der Waals surface area contributed by atoms with Crippen molar-refractivity contribution in [3.63, 3.8) is 0 Å². The van der Waals surface area contributed by atoms with Gasteiger partial charge in [-0.15, -0.1) is 0 Å². The van der Waals surface area contributed by atoms with Crippen LogP contribution in [0.4, 0.5) is 0 Å². The molecule has 0 saturated heterocycles. The van der Waals surface area contributed by atoms with Gasteiger partial charge in [0, 0.05) is 0 Å². The first-order chi connectivity index (χ1) is 4.70. The van der Waals surface area contributed by atoms with E-state index in [4.69, 9.17) is 0 Å². The summed E-state index contributed by atoms with van der Waals surface area (Å²) in [5, 5.41) is 9.46. The van der Waals surface area contributed by atoms with E-state index in [9.17, 15) is 5.11 Å². The van der Waals surface area contributed by atoms with Gasteiger partial charge in [0.1, 0.15) is 0 Å². The fourth-order valence-electron chi connectivity index (χ4n) is 1.26. The van der Waals surface area contributed by atoms with Gasteiger partial charge >= 0.3 is 0 Å². The molecule has 1 aliphatic carbocycles. The van der Waals surface area contributed by atoms with Crippen LogP contribution in [0, 0.1) is 5.92 Å². The predicted octanol–water partition coefficient (Wildman–Crippen LogP) is 2.11. The lowest BCUT2D eigenvalue weighted by Gasteiger charge is -2.28. The van der Waals surface area contributed by atoms with Crippen LogP contribution >= 0.6 is 0 Å². The third kappa shape index (κ3) is 1.84. The van der Waals surface area contributed by atoms with Gasteiger partial charge in [-0.1, -0.05) is 18.1 Å². The average molecular weight is 140 g/mol. The summed E-state index contributed by atoms with van der Waals surface area (Å²) in [4.78, 5) is 0. The molecule has 0 amide bonds. The lowest BCUT2D eigenvalue weighted by atomic mass is 9.81. The average Bonchev–Trinajstić information content (AvgIpc) is 1.55. The Balaban J connectivity index is 2.33. The maximum atomic E-state index is 9.46. The lowest BCUT2D eigenvalue weighted by molar-refractivity contribution is 0.1000. The Kier molecular flexibility index (Phi) is 2.50. The zero-order valence-corrected chi connectivity index (χ0v) is 6.80. The molecule has 0 heterocycles. The maximum Gasteiger partial charge on any atom is 0.0751 e. The first-order valence-electron chi connectivity index (χ1n) is 4.03. The highest BCUT2D eigenvalue weighted by Crippen LogP contribution is 2.30. The molecule has 0 aliphatic heterocycles. The highest BCUT2D eigenvalue weighted by atomic mass is 16.3. The molecule has 0 radical (unpaired) electrons. The SMILES string of the molecule is CC(C)=CC(O)C1CCC1. The summed E-state index contributed by atoms with van der Waals surface area (Å²) < 4.78 is 0. The van der Waals surface area contributed by atoms with Gasteiger partial charge in [-0.3, -0.25) is 0 Å². The number of rotatable bonds is 2. The zero-order valence-electron chi connectivity index (χ0n) is 6.80. The molecule has 0 spiro atoms. The topological polar surface area (TPSA) is 20.2 Å². The van der Waals surface area contributed by atoms with Gasteiger partial charge in [0.15, 0.2) is 0 Å². The van der Waals surface area contributed by atoms with Crippen LogP contribution in [0.3, 0.4) is 0 Å². The van der Waals surface area contributed by atoms with Crippen LogP contribution in [0.15, 0.2) is 11.6 Å². The van der Waals surface area contributed by atoms with E-state index in [1.807, 2.05) is 19.9 Å². The van der Waals surface area contributed by atoms with E-state index < -0.39 is 0 Å². The summed E-state index contributed by atoms with van der Waals surface area (Å²) in [6.07, 6.45) is 5.52. The Hall–Kier alpha value is -0.300. The summed E-state index contributed by atoms with van der Waals surface area (Å²) >= 11 is 0. The summed E-state index contributed by atoms with van der Waals surface area (Å²) in [5.74, 6) is 0.565. The third-order valence-corrected chi connectivity index (χ3v) is 2.14. The van der Waals surface area contributed by atoms with Gasteiger partial charge < -0.3 is 5.11 Å². The van der Waals surface area contributed by atoms with Gasteiger partial charge in [-0.05, 0) is 32.6 Å². The van der Waals surface area contributed by atoms with E-state index in [0.717, 1.165) is 0 Å². The Morgan fingerprint density at radius 1 is 1.50 bits per heavy atom. The minimum absolute atomic E-state index is 0.168. The third-order valence-electron chi connectivity index (χ3n) is 2.14. The number of aliphatic hydroxyl groups excluding tert-OH is 1. The van der Waals surface area contributed by atoms with Crippen LogP contribution in [0.5, 0.6) is 0 Å². The molecule has 1 fully saturated rings. The minimum atomic E-state index is -0.168. The Labute approximate surface area is 62.8 Å². The van der Waals surface area contributed by atoms with Crippen molar-refractivity contribution in [2.24, 2.45) is 5.92 Å². The van der Waals surface area contributed by atoms with Crippen LogP contribution in [-0.2, 0) is 0 Å². The molecule has 10 heavy (non-hydrogen) atoms. The molecule has 1 rings (SSSR count). The number of allylic oxidation sites excluding steroid dienone is 1. The Bertz CT molecular complexity index is 130. The van der Waals surface area contributed by atoms with E-state index >= 15 is 0 Å². The van der Waals surface area contributed by atoms with Crippen LogP contribution in [0.25, 0.3) is 0 Å². The van der Waals surface area contributed by atoms with E-state index in [1.54, 1.807) is 0 Å². The van der Waals surface area contributed by atoms with Crippen molar-refractivity contribution < 1.29 is 5.11 Å². The minimum Gasteiger partial charge on any atom is -0.389 e. The Morgan fingerprint density at radius 2 is 2.10 bits per heavy atom. The Morgan fingerprint density at radius 3 is 2.40 bits per heavy atom. The molecule has 1 heteroatoms. The molecule has 0 bridgehead atoms. The summed E-state index contributed by atoms with van der Waals surface area (Å²) in [5.41, 5.74) is 1.22. The molecule has 1 unspecified atom stereocenters. The molecule has 1 N–H and O–H groups in total. The van der Waals surface area contributed by atoms with Crippen LogP contribution in [0.2, 0.25) is 0 Å². The van der Waals surface area contributed by atoms with Gasteiger partial charge in [-0.25, -0.2) is 0 Å². The quantitative estimate of drug-likeness (QED) is 0.582. The van der Waals surface area contributed by atoms with Crippen LogP contribution < -0.4 is 0 Å². The second-order valence-corrected chi connectivity index (χ2v) is 3.43. The summed E-state index contributed by atoms with van der Waals surface area (Å²) in [6, 6.07) is 0. The normalized spacial score (nSPS) is 21.5. The molecule has 1 saturated carbocycles. The molecule has 1 nitrogen and oxygen atoms in total. The van der Waals surface area contributed by atoms with Crippen LogP contribution in [-0.4, -0.2) is 11.2 Å². The van der Waals surface area contributed by atoms with Crippen molar-refractivity contribution in [1.29, 1.82) is 0 Å². The standard InChI is InChI=1S/C9H16O/c1-7(2)6-9(10)8-4-3-5-8/h6,8-10H,3-5H2,1-2H3. The largest absolute Gasteiger partial charge is 0.389 e. The molecule has 1 aliphatic rings. The summed E-state index contributed by atoms with van der Waals surface area (Å²) in [7, 11) is 0. The first kappa shape index (κ1) is 7.80. The maximum absolute atomic E-state index is 9.46. The number of hydrogen-bond acceptors (Lipinski definition) is 1. The van der Waals surface area contributed by atoms with Crippen molar-refractivity contribution in [3.8, 4) is 0 Å². The van der Waals surface area contributed by atoms with Gasteiger partial charge in [0.05, 0.1) is 6.10 Å². The van der Waals surface area contributed by atoms with Gasteiger partial charge in [0.25, 0.3) is 0 Å². The van der Waals surface area contributed by atoms with E-state index in [-0.39, 0.29) is 6.10 Å². The monoisotopic (exact) mass is 140 g/mol.